The van der Waals surface area contributed by atoms with Crippen molar-refractivity contribution in [3.8, 4) is 11.5 Å². The number of aliphatic hydroxyl groups is 1. The van der Waals surface area contributed by atoms with Crippen LogP contribution < -0.4 is 20.7 Å². The Morgan fingerprint density at radius 1 is 0.880 bits per heavy atom. The van der Waals surface area contributed by atoms with Crippen LogP contribution in [0.1, 0.15) is 68.5 Å². The highest BCUT2D eigenvalue weighted by Gasteiger charge is 2.42. The van der Waals surface area contributed by atoms with Crippen LogP contribution in [0, 0.1) is 6.92 Å². The molecule has 5 rings (SSSR count). The predicted molar refractivity (Wildman–Crippen MR) is 195 cm³/mol. The molecule has 4 aromatic rings. The van der Waals surface area contributed by atoms with E-state index in [9.17, 15) is 14.7 Å². The maximum Gasteiger partial charge on any atom is 0.333 e. The first-order valence-corrected chi connectivity index (χ1v) is 17.0. The van der Waals surface area contributed by atoms with Gasteiger partial charge in [0.25, 0.3) is 5.56 Å². The topological polar surface area (TPSA) is 101 Å². The zero-order valence-electron chi connectivity index (χ0n) is 29.8. The van der Waals surface area contributed by atoms with E-state index in [4.69, 9.17) is 18.9 Å². The maximum absolute atomic E-state index is 13.7. The molecule has 0 radical (unpaired) electrons. The zero-order valence-corrected chi connectivity index (χ0v) is 29.8. The number of ether oxygens (including phenoxy) is 4. The molecule has 1 aromatic heterocycles. The van der Waals surface area contributed by atoms with Gasteiger partial charge >= 0.3 is 5.69 Å². The normalized spacial score (nSPS) is 17.8. The van der Waals surface area contributed by atoms with Crippen molar-refractivity contribution in [1.29, 1.82) is 0 Å². The summed E-state index contributed by atoms with van der Waals surface area (Å²) in [6.45, 7) is 7.98. The molecule has 264 valence electrons. The SMILES string of the molecule is COc1ccc(C(OC[C@H]2O[C@@H](n3cc(C)c(=O)n(CC=C(C)CCC=C(C)C)c3=O)C[C@H]2O)(c2ccccc2)c2ccc(OC)cc2)cc1. The van der Waals surface area contributed by atoms with Crippen LogP contribution in [0.2, 0.25) is 0 Å². The highest BCUT2D eigenvalue weighted by Crippen LogP contribution is 2.42. The summed E-state index contributed by atoms with van der Waals surface area (Å²) >= 11 is 0. The minimum Gasteiger partial charge on any atom is -0.497 e. The van der Waals surface area contributed by atoms with E-state index >= 15 is 0 Å². The van der Waals surface area contributed by atoms with Crippen molar-refractivity contribution in [2.75, 3.05) is 20.8 Å². The van der Waals surface area contributed by atoms with Crippen LogP contribution in [0.5, 0.6) is 11.5 Å². The van der Waals surface area contributed by atoms with Gasteiger partial charge in [-0.15, -0.1) is 0 Å². The van der Waals surface area contributed by atoms with E-state index in [1.807, 2.05) is 91.9 Å². The van der Waals surface area contributed by atoms with Crippen molar-refractivity contribution < 1.29 is 24.1 Å². The van der Waals surface area contributed by atoms with Gasteiger partial charge in [0.1, 0.15) is 29.4 Å². The van der Waals surface area contributed by atoms with Crippen LogP contribution in [-0.4, -0.2) is 47.3 Å². The van der Waals surface area contributed by atoms with Gasteiger partial charge in [0.2, 0.25) is 0 Å². The van der Waals surface area contributed by atoms with E-state index in [0.29, 0.717) is 17.1 Å². The zero-order chi connectivity index (χ0) is 35.8. The van der Waals surface area contributed by atoms with Crippen LogP contribution >= 0.6 is 0 Å². The summed E-state index contributed by atoms with van der Waals surface area (Å²) in [5.74, 6) is 1.42. The van der Waals surface area contributed by atoms with Crippen molar-refractivity contribution in [3.05, 3.63) is 151 Å². The first-order valence-electron chi connectivity index (χ1n) is 17.0. The van der Waals surface area contributed by atoms with Crippen molar-refractivity contribution >= 4 is 0 Å². The number of benzene rings is 3. The Morgan fingerprint density at radius 2 is 1.46 bits per heavy atom. The number of allylic oxidation sites excluding steroid dienone is 4. The molecule has 9 nitrogen and oxygen atoms in total. The molecular formula is C41H48N2O7. The molecule has 50 heavy (non-hydrogen) atoms. The number of hydrogen-bond acceptors (Lipinski definition) is 7. The van der Waals surface area contributed by atoms with Crippen molar-refractivity contribution in [2.24, 2.45) is 0 Å². The summed E-state index contributed by atoms with van der Waals surface area (Å²) in [5, 5.41) is 11.3. The Labute approximate surface area is 294 Å². The Hall–Kier alpha value is -4.70. The van der Waals surface area contributed by atoms with Crippen LogP contribution in [0.15, 0.2) is 118 Å². The fraction of sp³-hybridized carbons (Fsp3) is 0.366. The van der Waals surface area contributed by atoms with Gasteiger partial charge in [-0.1, -0.05) is 77.9 Å². The van der Waals surface area contributed by atoms with E-state index in [1.54, 1.807) is 21.1 Å². The fourth-order valence-corrected chi connectivity index (χ4v) is 6.38. The minimum absolute atomic E-state index is 0.00556. The smallest absolute Gasteiger partial charge is 0.333 e. The summed E-state index contributed by atoms with van der Waals surface area (Å²) < 4.78 is 26.9. The molecule has 1 fully saturated rings. The summed E-state index contributed by atoms with van der Waals surface area (Å²) in [6, 6.07) is 25.3. The average molecular weight is 681 g/mol. The second kappa shape index (κ2) is 16.3. The van der Waals surface area contributed by atoms with Gasteiger partial charge in [-0.25, -0.2) is 4.79 Å². The third-order valence-corrected chi connectivity index (χ3v) is 9.23. The lowest BCUT2D eigenvalue weighted by Crippen LogP contribution is -2.42. The molecule has 3 aromatic carbocycles. The standard InChI is InChI=1S/C41H48N2O7/c1-28(2)11-10-12-29(3)23-24-42-39(45)30(4)26-43(40(42)46)38-25-36(44)37(50-38)27-49-41(31-13-8-7-9-14-31,32-15-19-34(47-5)20-16-32)33-17-21-35(48-6)22-18-33/h7-9,11,13-23,26,36-38,44H,10,12,24-25,27H2,1-6H3/t36-,37-,38-/m1/s1. The lowest BCUT2D eigenvalue weighted by atomic mass is 9.80. The quantitative estimate of drug-likeness (QED) is 0.117. The van der Waals surface area contributed by atoms with Crippen LogP contribution in [0.4, 0.5) is 0 Å². The second-order valence-electron chi connectivity index (χ2n) is 13.0. The first kappa shape index (κ1) is 36.6. The monoisotopic (exact) mass is 680 g/mol. The molecule has 0 amide bonds. The summed E-state index contributed by atoms with van der Waals surface area (Å²) in [6.07, 6.45) is 5.05. The second-order valence-corrected chi connectivity index (χ2v) is 13.0. The average Bonchev–Trinajstić information content (AvgIpc) is 3.50. The summed E-state index contributed by atoms with van der Waals surface area (Å²) in [5.41, 5.74) is 3.42. The van der Waals surface area contributed by atoms with Gasteiger partial charge in [0.05, 0.1) is 26.9 Å². The third-order valence-electron chi connectivity index (χ3n) is 9.23. The molecular weight excluding hydrogens is 632 g/mol. The maximum atomic E-state index is 13.7. The number of nitrogens with zero attached hydrogens (tertiary/aromatic N) is 2. The fourth-order valence-electron chi connectivity index (χ4n) is 6.38. The molecule has 1 saturated heterocycles. The number of hydrogen-bond donors (Lipinski definition) is 1. The molecule has 0 bridgehead atoms. The number of aromatic nitrogens is 2. The van der Waals surface area contributed by atoms with E-state index in [-0.39, 0.29) is 25.1 Å². The molecule has 0 unspecified atom stereocenters. The lowest BCUT2D eigenvalue weighted by Gasteiger charge is -2.37. The van der Waals surface area contributed by atoms with E-state index < -0.39 is 29.7 Å². The molecule has 1 N–H and O–H groups in total. The third kappa shape index (κ3) is 8.02. The molecule has 0 aliphatic carbocycles. The van der Waals surface area contributed by atoms with Gasteiger partial charge in [-0.2, -0.15) is 0 Å². The number of aliphatic hydroxyl groups excluding tert-OH is 1. The van der Waals surface area contributed by atoms with Crippen molar-refractivity contribution in [2.45, 2.75) is 77.5 Å². The molecule has 1 aliphatic rings. The Kier molecular flexibility index (Phi) is 12.0. The molecule has 1 aliphatic heterocycles. The molecule has 9 heteroatoms. The largest absolute Gasteiger partial charge is 0.497 e. The van der Waals surface area contributed by atoms with Gasteiger partial charge in [-0.05, 0) is 81.5 Å². The number of methoxy groups -OCH3 is 2. The van der Waals surface area contributed by atoms with Crippen LogP contribution in [-0.2, 0) is 21.6 Å². The Balaban J connectivity index is 1.45. The van der Waals surface area contributed by atoms with E-state index in [2.05, 4.69) is 19.9 Å². The first-order chi connectivity index (χ1) is 24.1. The summed E-state index contributed by atoms with van der Waals surface area (Å²) in [4.78, 5) is 26.8. The molecule has 2 heterocycles. The minimum atomic E-state index is -1.10. The van der Waals surface area contributed by atoms with Gasteiger partial charge in [0.15, 0.2) is 0 Å². The van der Waals surface area contributed by atoms with Gasteiger partial charge < -0.3 is 24.1 Å². The highest BCUT2D eigenvalue weighted by atomic mass is 16.6. The lowest BCUT2D eigenvalue weighted by molar-refractivity contribution is -0.0946. The highest BCUT2D eigenvalue weighted by molar-refractivity contribution is 5.49. The molecule has 3 atom stereocenters. The van der Waals surface area contributed by atoms with E-state index in [1.165, 1.54) is 20.9 Å². The predicted octanol–water partition coefficient (Wildman–Crippen LogP) is 6.69. The van der Waals surface area contributed by atoms with Crippen molar-refractivity contribution in [3.63, 3.8) is 0 Å². The summed E-state index contributed by atoms with van der Waals surface area (Å²) in [7, 11) is 3.25. The number of rotatable bonds is 14. The molecule has 0 saturated carbocycles. The van der Waals surface area contributed by atoms with Crippen LogP contribution in [0.3, 0.4) is 0 Å². The Bertz CT molecular complexity index is 1860. The van der Waals surface area contributed by atoms with Crippen molar-refractivity contribution in [1.82, 2.24) is 9.13 Å². The Morgan fingerprint density at radius 3 is 2.02 bits per heavy atom. The molecule has 0 spiro atoms. The van der Waals surface area contributed by atoms with Gasteiger partial charge in [-0.3, -0.25) is 13.9 Å². The van der Waals surface area contributed by atoms with Gasteiger partial charge in [0, 0.05) is 24.7 Å². The van der Waals surface area contributed by atoms with Crippen LogP contribution in [0.25, 0.3) is 0 Å². The number of aryl methyl sites for hydroxylation is 1. The van der Waals surface area contributed by atoms with E-state index in [0.717, 1.165) is 35.1 Å².